The lowest BCUT2D eigenvalue weighted by Gasteiger charge is -2.27. The first-order chi connectivity index (χ1) is 9.15. The van der Waals surface area contributed by atoms with Crippen molar-refractivity contribution < 1.29 is 27.9 Å². The van der Waals surface area contributed by atoms with E-state index in [1.807, 2.05) is 5.32 Å². The Balaban J connectivity index is 2.83. The molecule has 0 saturated carbocycles. The maximum absolute atomic E-state index is 12.0. The van der Waals surface area contributed by atoms with E-state index in [0.29, 0.717) is 0 Å². The van der Waals surface area contributed by atoms with Crippen molar-refractivity contribution in [3.8, 4) is 0 Å². The van der Waals surface area contributed by atoms with Crippen molar-refractivity contribution in [3.63, 3.8) is 0 Å². The molecule has 20 heavy (non-hydrogen) atoms. The second-order valence-corrected chi connectivity index (χ2v) is 4.22. The first kappa shape index (κ1) is 15.8. The van der Waals surface area contributed by atoms with Crippen LogP contribution in [-0.4, -0.2) is 29.8 Å². The minimum Gasteiger partial charge on any atom is -0.479 e. The largest absolute Gasteiger partial charge is 0.479 e. The number of carbonyl (C=O) groups is 2. The fourth-order valence-corrected chi connectivity index (χ4v) is 1.47. The maximum atomic E-state index is 12.0. The summed E-state index contributed by atoms with van der Waals surface area (Å²) >= 11 is 0. The molecule has 2 amide bonds. The molecule has 1 aromatic rings. The average molecular weight is 290 g/mol. The molecule has 0 aliphatic carbocycles. The van der Waals surface area contributed by atoms with E-state index in [2.05, 4.69) is 0 Å². The number of carboxylic acids is 1. The van der Waals surface area contributed by atoms with E-state index in [0.717, 1.165) is 0 Å². The molecule has 1 atom stereocenters. The number of benzene rings is 1. The molecule has 8 heteroatoms. The van der Waals surface area contributed by atoms with Crippen LogP contribution in [0.25, 0.3) is 0 Å². The highest BCUT2D eigenvalue weighted by Gasteiger charge is 2.37. The molecule has 1 aromatic carbocycles. The molecule has 0 aliphatic rings. The number of halogens is 3. The molecule has 0 fully saturated rings. The quantitative estimate of drug-likeness (QED) is 0.792. The van der Waals surface area contributed by atoms with Gasteiger partial charge in [-0.3, -0.25) is 0 Å². The molecule has 1 unspecified atom stereocenters. The molecule has 1 rings (SSSR count). The third-order valence-electron chi connectivity index (χ3n) is 2.59. The van der Waals surface area contributed by atoms with E-state index in [1.165, 1.54) is 19.1 Å². The zero-order valence-corrected chi connectivity index (χ0v) is 10.5. The van der Waals surface area contributed by atoms with Crippen LogP contribution in [0.4, 0.5) is 18.0 Å². The molecule has 0 bridgehead atoms. The van der Waals surface area contributed by atoms with Crippen LogP contribution in [0.3, 0.4) is 0 Å². The number of carboxylic acid groups (broad SMARTS) is 1. The molecular weight excluding hydrogens is 277 g/mol. The number of carbonyl (C=O) groups excluding carboxylic acids is 1. The van der Waals surface area contributed by atoms with E-state index in [4.69, 9.17) is 0 Å². The molecule has 0 radical (unpaired) electrons. The number of alkyl halides is 3. The van der Waals surface area contributed by atoms with Crippen LogP contribution < -0.4 is 10.6 Å². The second kappa shape index (κ2) is 5.81. The number of hydrogen-bond acceptors (Lipinski definition) is 2. The normalized spacial score (nSPS) is 14.2. The van der Waals surface area contributed by atoms with Crippen molar-refractivity contribution in [1.29, 1.82) is 0 Å². The Hall–Kier alpha value is -2.25. The Morgan fingerprint density at radius 3 is 2.20 bits per heavy atom. The first-order valence-electron chi connectivity index (χ1n) is 5.57. The van der Waals surface area contributed by atoms with Gasteiger partial charge < -0.3 is 15.7 Å². The van der Waals surface area contributed by atoms with Gasteiger partial charge in [0.25, 0.3) is 0 Å². The highest BCUT2D eigenvalue weighted by atomic mass is 19.4. The average Bonchev–Trinajstić information content (AvgIpc) is 2.36. The fourth-order valence-electron chi connectivity index (χ4n) is 1.47. The molecule has 0 aliphatic heterocycles. The number of urea groups is 1. The Bertz CT molecular complexity index is 490. The Morgan fingerprint density at radius 2 is 1.75 bits per heavy atom. The van der Waals surface area contributed by atoms with Crippen molar-refractivity contribution >= 4 is 12.0 Å². The van der Waals surface area contributed by atoms with Crippen LogP contribution in [0.1, 0.15) is 12.5 Å². The molecule has 0 spiro atoms. The summed E-state index contributed by atoms with van der Waals surface area (Å²) in [4.78, 5) is 22.7. The van der Waals surface area contributed by atoms with Crippen LogP contribution in [-0.2, 0) is 10.3 Å². The van der Waals surface area contributed by atoms with Crippen molar-refractivity contribution in [1.82, 2.24) is 10.6 Å². The molecule has 0 saturated heterocycles. The summed E-state index contributed by atoms with van der Waals surface area (Å²) in [6.45, 7) is -0.346. The van der Waals surface area contributed by atoms with Crippen molar-refractivity contribution in [2.45, 2.75) is 18.6 Å². The number of hydrogen-bond donors (Lipinski definition) is 3. The van der Waals surface area contributed by atoms with Crippen molar-refractivity contribution in [2.75, 3.05) is 6.54 Å². The third-order valence-corrected chi connectivity index (χ3v) is 2.59. The Kier molecular flexibility index (Phi) is 4.59. The molecule has 5 nitrogen and oxygen atoms in total. The van der Waals surface area contributed by atoms with Gasteiger partial charge in [0.15, 0.2) is 5.54 Å². The summed E-state index contributed by atoms with van der Waals surface area (Å²) in [5.74, 6) is -1.38. The van der Waals surface area contributed by atoms with Gasteiger partial charge >= 0.3 is 18.2 Å². The molecular formula is C12H13F3N2O3. The Morgan fingerprint density at radius 1 is 1.20 bits per heavy atom. The lowest BCUT2D eigenvalue weighted by molar-refractivity contribution is -0.144. The van der Waals surface area contributed by atoms with E-state index in [1.54, 1.807) is 23.5 Å². The van der Waals surface area contributed by atoms with Gasteiger partial charge in [0.1, 0.15) is 6.54 Å². The van der Waals surface area contributed by atoms with Gasteiger partial charge in [0.05, 0.1) is 0 Å². The predicted octanol–water partition coefficient (Wildman–Crippen LogP) is 1.85. The lowest BCUT2D eigenvalue weighted by Crippen LogP contribution is -2.54. The van der Waals surface area contributed by atoms with Crippen molar-refractivity contribution in [3.05, 3.63) is 35.9 Å². The minimum atomic E-state index is -4.57. The fraction of sp³-hybridized carbons (Fsp3) is 0.333. The molecule has 110 valence electrons. The van der Waals surface area contributed by atoms with Gasteiger partial charge in [-0.05, 0) is 12.5 Å². The first-order valence-corrected chi connectivity index (χ1v) is 5.57. The summed E-state index contributed by atoms with van der Waals surface area (Å²) in [6.07, 6.45) is -4.57. The second-order valence-electron chi connectivity index (χ2n) is 4.22. The highest BCUT2D eigenvalue weighted by Crippen LogP contribution is 2.21. The smallest absolute Gasteiger partial charge is 0.405 e. The monoisotopic (exact) mass is 290 g/mol. The molecule has 3 N–H and O–H groups in total. The number of rotatable bonds is 4. The summed E-state index contributed by atoms with van der Waals surface area (Å²) in [7, 11) is 0. The van der Waals surface area contributed by atoms with Crippen LogP contribution in [0.5, 0.6) is 0 Å². The summed E-state index contributed by atoms with van der Waals surface area (Å²) in [6, 6.07) is 6.47. The zero-order valence-electron chi connectivity index (χ0n) is 10.5. The van der Waals surface area contributed by atoms with Crippen LogP contribution in [0, 0.1) is 0 Å². The summed E-state index contributed by atoms with van der Waals surface area (Å²) < 4.78 is 35.9. The maximum Gasteiger partial charge on any atom is 0.405 e. The van der Waals surface area contributed by atoms with E-state index >= 15 is 0 Å². The predicted molar refractivity (Wildman–Crippen MR) is 64.0 cm³/mol. The van der Waals surface area contributed by atoms with Crippen molar-refractivity contribution in [2.24, 2.45) is 0 Å². The van der Waals surface area contributed by atoms with Crippen LogP contribution >= 0.6 is 0 Å². The van der Waals surface area contributed by atoms with Gasteiger partial charge in [-0.2, -0.15) is 13.2 Å². The van der Waals surface area contributed by atoms with Gasteiger partial charge in [-0.15, -0.1) is 0 Å². The number of nitrogens with one attached hydrogen (secondary N) is 2. The van der Waals surface area contributed by atoms with Gasteiger partial charge in [0.2, 0.25) is 0 Å². The van der Waals surface area contributed by atoms with E-state index in [-0.39, 0.29) is 5.56 Å². The molecule has 0 aromatic heterocycles. The lowest BCUT2D eigenvalue weighted by atomic mass is 9.92. The minimum absolute atomic E-state index is 0.245. The highest BCUT2D eigenvalue weighted by molar-refractivity contribution is 5.87. The van der Waals surface area contributed by atoms with Crippen LogP contribution in [0.2, 0.25) is 0 Å². The summed E-state index contributed by atoms with van der Waals surface area (Å²) in [5.41, 5.74) is -1.58. The van der Waals surface area contributed by atoms with Crippen LogP contribution in [0.15, 0.2) is 30.3 Å². The standard InChI is InChI=1S/C12H13F3N2O3/c1-11(9(18)19,8-5-3-2-4-6-8)17-10(20)16-7-12(13,14)15/h2-6H,7H2,1H3,(H,18,19)(H2,16,17,20). The number of aliphatic carboxylic acids is 1. The van der Waals surface area contributed by atoms with E-state index < -0.39 is 30.3 Å². The molecule has 0 heterocycles. The number of amides is 2. The van der Waals surface area contributed by atoms with Gasteiger partial charge in [-0.1, -0.05) is 30.3 Å². The SMILES string of the molecule is CC(NC(=O)NCC(F)(F)F)(C(=O)O)c1ccccc1. The third kappa shape index (κ3) is 4.15. The van der Waals surface area contributed by atoms with Gasteiger partial charge in [-0.25, -0.2) is 9.59 Å². The van der Waals surface area contributed by atoms with Gasteiger partial charge in [0, 0.05) is 0 Å². The summed E-state index contributed by atoms with van der Waals surface area (Å²) in [5, 5.41) is 12.8. The Labute approximate surface area is 112 Å². The topological polar surface area (TPSA) is 78.4 Å². The van der Waals surface area contributed by atoms with E-state index in [9.17, 15) is 27.9 Å². The zero-order chi connectivity index (χ0) is 15.4.